The summed E-state index contributed by atoms with van der Waals surface area (Å²) in [5, 5.41) is 2.87. The Labute approximate surface area is 280 Å². The van der Waals surface area contributed by atoms with Crippen molar-refractivity contribution >= 4 is 23.6 Å². The number of H-pyrrole nitrogens is 1. The SMILES string of the molecule is C#CCOc1ccc(C[C@H](NC(=O)[C@H](C)N(C)C(=O)OC(C)(C)C)C(=O)N2CC(C)(C)c3[nH]c(=O)c(Cc4ccc(F)cc4)cc32)cc1. The molecule has 2 heterocycles. The Balaban J connectivity index is 1.66. The summed E-state index contributed by atoms with van der Waals surface area (Å²) in [7, 11) is 1.46. The van der Waals surface area contributed by atoms with Gasteiger partial charge in [-0.1, -0.05) is 44.0 Å². The monoisotopic (exact) mass is 658 g/mol. The van der Waals surface area contributed by atoms with E-state index < -0.39 is 41.0 Å². The molecule has 0 unspecified atom stereocenters. The molecule has 11 heteroatoms. The number of hydrogen-bond acceptors (Lipinski definition) is 6. The molecule has 1 aliphatic heterocycles. The van der Waals surface area contributed by atoms with E-state index in [2.05, 4.69) is 16.2 Å². The van der Waals surface area contributed by atoms with Crippen LogP contribution >= 0.6 is 0 Å². The van der Waals surface area contributed by atoms with E-state index in [-0.39, 0.29) is 37.4 Å². The number of nitrogens with one attached hydrogen (secondary N) is 2. The number of carbonyl (C=O) groups excluding carboxylic acids is 3. The van der Waals surface area contributed by atoms with Crippen LogP contribution in [0.5, 0.6) is 5.75 Å². The van der Waals surface area contributed by atoms with Crippen LogP contribution in [0.15, 0.2) is 59.4 Å². The fourth-order valence-corrected chi connectivity index (χ4v) is 5.43. The second-order valence-electron chi connectivity index (χ2n) is 13.7. The van der Waals surface area contributed by atoms with Crippen molar-refractivity contribution in [3.8, 4) is 18.1 Å². The number of terminal acetylenes is 1. The molecule has 3 amide bonds. The number of anilines is 1. The van der Waals surface area contributed by atoms with E-state index in [0.717, 1.165) is 11.1 Å². The molecule has 10 nitrogen and oxygen atoms in total. The van der Waals surface area contributed by atoms with E-state index in [1.807, 2.05) is 13.8 Å². The molecule has 1 aromatic heterocycles. The smallest absolute Gasteiger partial charge is 0.410 e. The van der Waals surface area contributed by atoms with Crippen molar-refractivity contribution < 1.29 is 28.2 Å². The van der Waals surface area contributed by atoms with Gasteiger partial charge in [-0.3, -0.25) is 19.3 Å². The van der Waals surface area contributed by atoms with Crippen LogP contribution in [-0.2, 0) is 32.6 Å². The average Bonchev–Trinajstić information content (AvgIpc) is 3.28. The summed E-state index contributed by atoms with van der Waals surface area (Å²) in [5.41, 5.74) is 1.35. The van der Waals surface area contributed by atoms with Crippen LogP contribution in [0, 0.1) is 18.2 Å². The van der Waals surface area contributed by atoms with E-state index in [1.54, 1.807) is 75.1 Å². The van der Waals surface area contributed by atoms with Crippen LogP contribution in [0.4, 0.5) is 14.9 Å². The van der Waals surface area contributed by atoms with Gasteiger partial charge in [-0.2, -0.15) is 0 Å². The molecule has 0 spiro atoms. The molecular formula is C37H43FN4O6. The van der Waals surface area contributed by atoms with Gasteiger partial charge >= 0.3 is 6.09 Å². The fraction of sp³-hybridized carbons (Fsp3) is 0.405. The summed E-state index contributed by atoms with van der Waals surface area (Å²) >= 11 is 0. The summed E-state index contributed by atoms with van der Waals surface area (Å²) in [6.07, 6.45) is 4.98. The Morgan fingerprint density at radius 3 is 2.33 bits per heavy atom. The fourth-order valence-electron chi connectivity index (χ4n) is 5.43. The van der Waals surface area contributed by atoms with E-state index in [1.165, 1.54) is 24.1 Å². The molecule has 4 rings (SSSR count). The Kier molecular flexibility index (Phi) is 10.7. The summed E-state index contributed by atoms with van der Waals surface area (Å²) in [6, 6.07) is 12.6. The minimum atomic E-state index is -1.04. The van der Waals surface area contributed by atoms with Crippen molar-refractivity contribution in [3.63, 3.8) is 0 Å². The number of fused-ring (bicyclic) bond motifs is 1. The van der Waals surface area contributed by atoms with Gasteiger partial charge in [-0.15, -0.1) is 6.42 Å². The molecule has 2 N–H and O–H groups in total. The van der Waals surface area contributed by atoms with Gasteiger partial charge < -0.3 is 24.7 Å². The highest BCUT2D eigenvalue weighted by Gasteiger charge is 2.42. The Morgan fingerprint density at radius 2 is 1.73 bits per heavy atom. The largest absolute Gasteiger partial charge is 0.481 e. The predicted octanol–water partition coefficient (Wildman–Crippen LogP) is 4.72. The van der Waals surface area contributed by atoms with Crippen molar-refractivity contribution in [2.24, 2.45) is 0 Å². The van der Waals surface area contributed by atoms with Gasteiger partial charge in [0.1, 0.15) is 35.9 Å². The number of amides is 3. The molecule has 1 aliphatic rings. The van der Waals surface area contributed by atoms with Gasteiger partial charge in [-0.25, -0.2) is 9.18 Å². The van der Waals surface area contributed by atoms with Crippen LogP contribution in [0.25, 0.3) is 0 Å². The van der Waals surface area contributed by atoms with E-state index in [4.69, 9.17) is 15.9 Å². The van der Waals surface area contributed by atoms with E-state index in [9.17, 15) is 23.6 Å². The van der Waals surface area contributed by atoms with Crippen LogP contribution in [0.1, 0.15) is 63.9 Å². The Morgan fingerprint density at radius 1 is 1.10 bits per heavy atom. The predicted molar refractivity (Wildman–Crippen MR) is 182 cm³/mol. The number of aromatic nitrogens is 1. The average molecular weight is 659 g/mol. The standard InChI is InChI=1S/C37H43FN4O6/c1-9-18-47-28-16-12-25(13-17-28)20-29(39-32(43)23(2)41(8)35(46)48-36(3,4)5)34(45)42-22-37(6,7)31-30(42)21-26(33(44)40-31)19-24-10-14-27(38)15-11-24/h1,10-17,21,23,29H,18-20,22H2,2-8H3,(H,39,43)(H,40,44)/t23-,29-/m0/s1. The highest BCUT2D eigenvalue weighted by Crippen LogP contribution is 2.39. The molecule has 254 valence electrons. The summed E-state index contributed by atoms with van der Waals surface area (Å²) in [5.74, 6) is 1.65. The zero-order valence-corrected chi connectivity index (χ0v) is 28.5. The highest BCUT2D eigenvalue weighted by molar-refractivity contribution is 6.02. The number of halogens is 1. The zero-order chi connectivity index (χ0) is 35.4. The zero-order valence-electron chi connectivity index (χ0n) is 28.5. The van der Waals surface area contributed by atoms with Crippen LogP contribution in [0.2, 0.25) is 0 Å². The van der Waals surface area contributed by atoms with E-state index >= 15 is 0 Å². The minimum Gasteiger partial charge on any atom is -0.481 e. The van der Waals surface area contributed by atoms with Gasteiger partial charge in [0.15, 0.2) is 0 Å². The van der Waals surface area contributed by atoms with Crippen LogP contribution in [0.3, 0.4) is 0 Å². The first kappa shape index (κ1) is 35.7. The maximum Gasteiger partial charge on any atom is 0.410 e. The van der Waals surface area contributed by atoms with E-state index in [0.29, 0.717) is 22.7 Å². The number of aromatic amines is 1. The lowest BCUT2D eigenvalue weighted by molar-refractivity contribution is -0.130. The van der Waals surface area contributed by atoms with Crippen molar-refractivity contribution in [2.45, 2.75) is 77.5 Å². The quantitative estimate of drug-likeness (QED) is 0.304. The van der Waals surface area contributed by atoms with Crippen molar-refractivity contribution in [3.05, 3.63) is 93.2 Å². The highest BCUT2D eigenvalue weighted by atomic mass is 19.1. The summed E-state index contributed by atoms with van der Waals surface area (Å²) < 4.78 is 24.4. The molecule has 0 radical (unpaired) electrons. The lowest BCUT2D eigenvalue weighted by atomic mass is 9.91. The molecule has 0 fully saturated rings. The van der Waals surface area contributed by atoms with Crippen LogP contribution in [-0.4, -0.2) is 65.7 Å². The number of nitrogens with zero attached hydrogens (tertiary/aromatic N) is 2. The third kappa shape index (κ3) is 8.62. The molecule has 0 saturated carbocycles. The first-order chi connectivity index (χ1) is 22.5. The van der Waals surface area contributed by atoms with Crippen molar-refractivity contribution in [2.75, 3.05) is 25.1 Å². The number of benzene rings is 2. The number of ether oxygens (including phenoxy) is 2. The number of pyridine rings is 1. The third-order valence-corrected chi connectivity index (χ3v) is 8.13. The second-order valence-corrected chi connectivity index (χ2v) is 13.7. The first-order valence-electron chi connectivity index (χ1n) is 15.7. The Bertz CT molecular complexity index is 1750. The first-order valence-corrected chi connectivity index (χ1v) is 15.7. The maximum atomic E-state index is 14.5. The molecule has 3 aromatic rings. The molecule has 48 heavy (non-hydrogen) atoms. The number of rotatable bonds is 10. The van der Waals surface area contributed by atoms with Crippen LogP contribution < -0.4 is 20.5 Å². The molecule has 0 bridgehead atoms. The summed E-state index contributed by atoms with van der Waals surface area (Å²) in [4.78, 5) is 59.7. The van der Waals surface area contributed by atoms with Crippen molar-refractivity contribution in [1.82, 2.24) is 15.2 Å². The number of hydrogen-bond donors (Lipinski definition) is 2. The lowest BCUT2D eigenvalue weighted by Gasteiger charge is -2.30. The Hall–Kier alpha value is -5.11. The minimum absolute atomic E-state index is 0.106. The van der Waals surface area contributed by atoms with Gasteiger partial charge in [0.25, 0.3) is 5.56 Å². The molecule has 2 aromatic carbocycles. The second kappa shape index (κ2) is 14.3. The number of carbonyl (C=O) groups is 3. The van der Waals surface area contributed by atoms with Gasteiger partial charge in [0.05, 0.1) is 5.69 Å². The van der Waals surface area contributed by atoms with Gasteiger partial charge in [0.2, 0.25) is 11.8 Å². The molecule has 0 saturated heterocycles. The molecule has 0 aliphatic carbocycles. The maximum absolute atomic E-state index is 14.5. The number of likely N-dealkylation sites (N-methyl/N-ethyl adjacent to an activating group) is 1. The summed E-state index contributed by atoms with van der Waals surface area (Å²) in [6.45, 7) is 11.0. The van der Waals surface area contributed by atoms with Gasteiger partial charge in [-0.05, 0) is 69.2 Å². The van der Waals surface area contributed by atoms with Gasteiger partial charge in [0, 0.05) is 43.1 Å². The topological polar surface area (TPSA) is 121 Å². The third-order valence-electron chi connectivity index (χ3n) is 8.13. The van der Waals surface area contributed by atoms with Crippen molar-refractivity contribution in [1.29, 1.82) is 0 Å². The molecule has 2 atom stereocenters. The normalized spacial score (nSPS) is 14.7. The molecular weight excluding hydrogens is 615 g/mol. The lowest BCUT2D eigenvalue weighted by Crippen LogP contribution is -2.55.